The average Bonchev–Trinajstić information content (AvgIpc) is 3.09. The van der Waals surface area contributed by atoms with E-state index in [1.165, 1.54) is 35.3 Å². The average molecular weight is 473 g/mol. The van der Waals surface area contributed by atoms with Crippen LogP contribution >= 0.6 is 23.6 Å². The zero-order chi connectivity index (χ0) is 23.1. The predicted octanol–water partition coefficient (Wildman–Crippen LogP) is 7.14. The molecule has 4 nitrogen and oxygen atoms in total. The van der Waals surface area contributed by atoms with Gasteiger partial charge in [-0.2, -0.15) is 0 Å². The first kappa shape index (κ1) is 24.7. The highest BCUT2D eigenvalue weighted by atomic mass is 32.1. The zero-order valence-electron chi connectivity index (χ0n) is 19.8. The Bertz CT molecular complexity index is 921. The number of rotatable bonds is 7. The molecule has 174 valence electrons. The topological polar surface area (TPSA) is 50.4 Å². The highest BCUT2D eigenvalue weighted by Gasteiger charge is 2.26. The zero-order valence-corrected chi connectivity index (χ0v) is 21.4. The molecule has 32 heavy (non-hydrogen) atoms. The summed E-state index contributed by atoms with van der Waals surface area (Å²) in [6.07, 6.45) is 7.84. The van der Waals surface area contributed by atoms with Crippen LogP contribution in [0.4, 0.5) is 5.00 Å². The number of nitrogens with one attached hydrogen (secondary N) is 2. The number of thiocarbonyl (C=S) groups is 1. The van der Waals surface area contributed by atoms with Crippen LogP contribution in [0, 0.1) is 0 Å². The third kappa shape index (κ3) is 6.10. The molecule has 0 amide bonds. The molecule has 0 saturated heterocycles. The lowest BCUT2D eigenvalue weighted by Gasteiger charge is -2.18. The Morgan fingerprint density at radius 2 is 1.72 bits per heavy atom. The van der Waals surface area contributed by atoms with Gasteiger partial charge in [-0.1, -0.05) is 51.0 Å². The second-order valence-corrected chi connectivity index (χ2v) is 10.2. The molecule has 2 unspecified atom stereocenters. The van der Waals surface area contributed by atoms with E-state index in [2.05, 4.69) is 55.7 Å². The molecule has 2 N–H and O–H groups in total. The minimum atomic E-state index is -0.246. The van der Waals surface area contributed by atoms with Gasteiger partial charge in [-0.05, 0) is 80.8 Å². The Labute approximate surface area is 202 Å². The van der Waals surface area contributed by atoms with Crippen LogP contribution in [0.2, 0.25) is 0 Å². The number of carbonyl (C=O) groups is 1. The number of anilines is 1. The molecule has 3 rings (SSSR count). The fourth-order valence-electron chi connectivity index (χ4n) is 4.19. The van der Waals surface area contributed by atoms with Crippen molar-refractivity contribution in [2.45, 2.75) is 84.6 Å². The van der Waals surface area contributed by atoms with Gasteiger partial charge in [0, 0.05) is 4.88 Å². The lowest BCUT2D eigenvalue weighted by Crippen LogP contribution is -2.31. The van der Waals surface area contributed by atoms with Crippen molar-refractivity contribution >= 4 is 39.6 Å². The number of ether oxygens (including phenoxy) is 1. The molecule has 1 aromatic heterocycles. The molecular weight excluding hydrogens is 436 g/mol. The van der Waals surface area contributed by atoms with Crippen LogP contribution in [0.5, 0.6) is 0 Å². The van der Waals surface area contributed by atoms with Crippen LogP contribution in [0.1, 0.15) is 104 Å². The van der Waals surface area contributed by atoms with Crippen molar-refractivity contribution in [3.05, 3.63) is 51.4 Å². The maximum absolute atomic E-state index is 12.8. The summed E-state index contributed by atoms with van der Waals surface area (Å²) in [4.78, 5) is 14.1. The van der Waals surface area contributed by atoms with Crippen LogP contribution in [0.15, 0.2) is 24.3 Å². The van der Waals surface area contributed by atoms with Gasteiger partial charge >= 0.3 is 5.97 Å². The van der Waals surface area contributed by atoms with E-state index in [1.807, 2.05) is 6.92 Å². The Hall–Kier alpha value is -1.92. The van der Waals surface area contributed by atoms with E-state index in [0.29, 0.717) is 23.2 Å². The standard InChI is InChI=1S/C26H36N2O2S2/c1-5-17(3)19-13-15-20(16-14-19)18(4)27-26(31)28-24-23(25(29)30-6-2)21-11-9-7-8-10-12-22(21)32-24/h13-18H,5-12H2,1-4H3,(H2,27,28,31). The normalized spacial score (nSPS) is 15.6. The Kier molecular flexibility index (Phi) is 9.11. The van der Waals surface area contributed by atoms with Crippen molar-refractivity contribution in [3.8, 4) is 0 Å². The van der Waals surface area contributed by atoms with Gasteiger partial charge < -0.3 is 15.4 Å². The SMILES string of the molecule is CCOC(=O)c1c(NC(=S)NC(C)c2ccc(C(C)CC)cc2)sc2c1CCCCCC2. The first-order chi connectivity index (χ1) is 15.4. The van der Waals surface area contributed by atoms with Gasteiger partial charge in [0.2, 0.25) is 0 Å². The molecule has 1 heterocycles. The van der Waals surface area contributed by atoms with Crippen LogP contribution in [-0.4, -0.2) is 17.7 Å². The van der Waals surface area contributed by atoms with Crippen molar-refractivity contribution in [2.75, 3.05) is 11.9 Å². The Balaban J connectivity index is 1.74. The Morgan fingerprint density at radius 3 is 2.38 bits per heavy atom. The fourth-order valence-corrected chi connectivity index (χ4v) is 5.82. The van der Waals surface area contributed by atoms with Gasteiger partial charge in [0.05, 0.1) is 18.2 Å². The number of thiophene rings is 1. The summed E-state index contributed by atoms with van der Waals surface area (Å²) < 4.78 is 5.40. The van der Waals surface area contributed by atoms with Crippen LogP contribution in [0.3, 0.4) is 0 Å². The van der Waals surface area contributed by atoms with Crippen molar-refractivity contribution in [2.24, 2.45) is 0 Å². The van der Waals surface area contributed by atoms with E-state index in [9.17, 15) is 4.79 Å². The summed E-state index contributed by atoms with van der Waals surface area (Å²) in [5, 5.41) is 8.05. The smallest absolute Gasteiger partial charge is 0.341 e. The summed E-state index contributed by atoms with van der Waals surface area (Å²) in [5.41, 5.74) is 4.39. The molecule has 0 aliphatic heterocycles. The first-order valence-corrected chi connectivity index (χ1v) is 13.2. The molecule has 2 atom stereocenters. The van der Waals surface area contributed by atoms with Gasteiger partial charge in [-0.25, -0.2) is 4.79 Å². The number of aryl methyl sites for hydroxylation is 1. The van der Waals surface area contributed by atoms with Crippen molar-refractivity contribution in [3.63, 3.8) is 0 Å². The maximum Gasteiger partial charge on any atom is 0.341 e. The van der Waals surface area contributed by atoms with E-state index >= 15 is 0 Å². The van der Waals surface area contributed by atoms with Crippen LogP contribution < -0.4 is 10.6 Å². The van der Waals surface area contributed by atoms with Crippen LogP contribution in [0.25, 0.3) is 0 Å². The number of fused-ring (bicyclic) bond motifs is 1. The number of hydrogen-bond donors (Lipinski definition) is 2. The summed E-state index contributed by atoms with van der Waals surface area (Å²) in [5.74, 6) is 0.319. The van der Waals surface area contributed by atoms with Gasteiger partial charge in [0.25, 0.3) is 0 Å². The molecule has 0 radical (unpaired) electrons. The quantitative estimate of drug-likeness (QED) is 0.331. The molecular formula is C26H36N2O2S2. The number of esters is 1. The number of carbonyl (C=O) groups excluding carboxylic acids is 1. The minimum absolute atomic E-state index is 0.0630. The monoisotopic (exact) mass is 472 g/mol. The first-order valence-electron chi connectivity index (χ1n) is 11.9. The second-order valence-electron chi connectivity index (χ2n) is 8.64. The van der Waals surface area contributed by atoms with Crippen LogP contribution in [-0.2, 0) is 17.6 Å². The van der Waals surface area contributed by atoms with Crippen molar-refractivity contribution in [1.29, 1.82) is 0 Å². The van der Waals surface area contributed by atoms with E-state index in [-0.39, 0.29) is 12.0 Å². The highest BCUT2D eigenvalue weighted by Crippen LogP contribution is 2.37. The maximum atomic E-state index is 12.8. The molecule has 6 heteroatoms. The van der Waals surface area contributed by atoms with Crippen molar-refractivity contribution in [1.82, 2.24) is 5.32 Å². The molecule has 0 bridgehead atoms. The molecule has 1 aliphatic rings. The summed E-state index contributed by atoms with van der Waals surface area (Å²) >= 11 is 7.29. The largest absolute Gasteiger partial charge is 0.462 e. The molecule has 1 aliphatic carbocycles. The highest BCUT2D eigenvalue weighted by molar-refractivity contribution is 7.80. The number of hydrogen-bond acceptors (Lipinski definition) is 4. The lowest BCUT2D eigenvalue weighted by atomic mass is 9.96. The minimum Gasteiger partial charge on any atom is -0.462 e. The molecule has 0 fully saturated rings. The Morgan fingerprint density at radius 1 is 1.06 bits per heavy atom. The summed E-state index contributed by atoms with van der Waals surface area (Å²) in [6, 6.07) is 8.81. The van der Waals surface area contributed by atoms with E-state index in [1.54, 1.807) is 11.3 Å². The van der Waals surface area contributed by atoms with E-state index in [4.69, 9.17) is 17.0 Å². The molecule has 2 aromatic rings. The third-order valence-electron chi connectivity index (χ3n) is 6.34. The molecule has 0 spiro atoms. The van der Waals surface area contributed by atoms with Gasteiger partial charge in [-0.15, -0.1) is 11.3 Å². The summed E-state index contributed by atoms with van der Waals surface area (Å²) in [6.45, 7) is 8.79. The lowest BCUT2D eigenvalue weighted by molar-refractivity contribution is 0.0526. The second kappa shape index (κ2) is 11.8. The van der Waals surface area contributed by atoms with Gasteiger partial charge in [0.15, 0.2) is 5.11 Å². The number of benzene rings is 1. The molecule has 0 saturated carbocycles. The van der Waals surface area contributed by atoms with Crippen molar-refractivity contribution < 1.29 is 9.53 Å². The molecule has 1 aromatic carbocycles. The summed E-state index contributed by atoms with van der Waals surface area (Å²) in [7, 11) is 0. The van der Waals surface area contributed by atoms with E-state index in [0.717, 1.165) is 36.2 Å². The van der Waals surface area contributed by atoms with Gasteiger partial charge in [0.1, 0.15) is 5.00 Å². The van der Waals surface area contributed by atoms with Gasteiger partial charge in [-0.3, -0.25) is 0 Å². The van der Waals surface area contributed by atoms with E-state index < -0.39 is 0 Å². The fraction of sp³-hybridized carbons (Fsp3) is 0.538. The third-order valence-corrected chi connectivity index (χ3v) is 7.77. The predicted molar refractivity (Wildman–Crippen MR) is 139 cm³/mol.